The van der Waals surface area contributed by atoms with Crippen molar-refractivity contribution in [1.29, 1.82) is 0 Å². The highest BCUT2D eigenvalue weighted by atomic mass is 28.4. The van der Waals surface area contributed by atoms with Gasteiger partial charge in [0.25, 0.3) is 8.32 Å². The van der Waals surface area contributed by atoms with Crippen LogP contribution in [0.2, 0.25) is 46.3 Å². The molecule has 3 rings (SSSR count). The van der Waals surface area contributed by atoms with Crippen LogP contribution in [-0.4, -0.2) is 71.8 Å². The molecule has 59 heavy (non-hydrogen) atoms. The van der Waals surface area contributed by atoms with Crippen LogP contribution in [0.5, 0.6) is 0 Å². The van der Waals surface area contributed by atoms with E-state index in [-0.39, 0.29) is 32.7 Å². The summed E-state index contributed by atoms with van der Waals surface area (Å²) < 4.78 is 36.5. The van der Waals surface area contributed by atoms with Crippen molar-refractivity contribution in [3.05, 3.63) is 103 Å². The Labute approximate surface area is 364 Å². The van der Waals surface area contributed by atoms with E-state index in [9.17, 15) is 4.79 Å². The zero-order chi connectivity index (χ0) is 44.7. The van der Waals surface area contributed by atoms with E-state index >= 15 is 0 Å². The highest BCUT2D eigenvalue weighted by Crippen LogP contribution is 2.44. The molecule has 0 aromatic heterocycles. The molecule has 6 nitrogen and oxygen atoms in total. The maximum Gasteiger partial charge on any atom is 0.378 e. The molecule has 328 valence electrons. The van der Waals surface area contributed by atoms with Gasteiger partial charge in [-0.25, -0.2) is 0 Å². The van der Waals surface area contributed by atoms with Gasteiger partial charge < -0.3 is 26.9 Å². The zero-order valence-corrected chi connectivity index (χ0v) is 44.1. The van der Waals surface area contributed by atoms with Gasteiger partial charge in [-0.05, 0) is 63.8 Å². The lowest BCUT2D eigenvalue weighted by atomic mass is 10.0. The lowest BCUT2D eigenvalue weighted by Gasteiger charge is -2.48. The molecule has 0 aliphatic heterocycles. The Morgan fingerprint density at radius 2 is 1.02 bits per heavy atom. The van der Waals surface area contributed by atoms with Crippen LogP contribution in [0.3, 0.4) is 0 Å². The van der Waals surface area contributed by atoms with E-state index in [1.165, 1.54) is 10.4 Å². The summed E-state index contributed by atoms with van der Waals surface area (Å²) in [4.78, 5) is 12.5. The van der Waals surface area contributed by atoms with Crippen molar-refractivity contribution < 1.29 is 26.9 Å². The largest absolute Gasteiger partial charge is 0.413 e. The first kappa shape index (κ1) is 51.1. The highest BCUT2D eigenvalue weighted by Gasteiger charge is 2.54. The van der Waals surface area contributed by atoms with Crippen LogP contribution in [0.25, 0.3) is 0 Å². The summed E-state index contributed by atoms with van der Waals surface area (Å²) in [6.07, 6.45) is 2.79. The van der Waals surface area contributed by atoms with E-state index in [0.29, 0.717) is 13.0 Å². The van der Waals surface area contributed by atoms with Crippen LogP contribution in [-0.2, 0) is 26.9 Å². The lowest BCUT2D eigenvalue weighted by Crippen LogP contribution is -2.68. The first-order valence-corrected chi connectivity index (χ1v) is 31.1. The topological polar surface area (TPSA) is 63.2 Å². The monoisotopic (exact) mass is 877 g/mol. The maximum absolute atomic E-state index is 12.5. The second-order valence-corrected chi connectivity index (χ2v) is 39.3. The maximum atomic E-state index is 12.5. The minimum absolute atomic E-state index is 0.0356. The fourth-order valence-electron chi connectivity index (χ4n) is 7.49. The molecule has 0 bridgehead atoms. The molecule has 1 unspecified atom stereocenters. The molecule has 4 atom stereocenters. The third kappa shape index (κ3) is 12.2. The SMILES string of the molecule is CO[Si](OC/C(C)=C/[C@@H](O[Si](c1ccccc1)(c1ccccc1)C(C)(C)C)[C@@H](C[C@H](CC=O)O[Si](C)(C)C(C)(C)C)O[Si](C)(C)C(C)(C)C)(c1ccccc1)C(C)(C)C. The molecule has 0 saturated heterocycles. The van der Waals surface area contributed by atoms with E-state index in [2.05, 4.69) is 207 Å². The molecule has 0 heterocycles. The van der Waals surface area contributed by atoms with Crippen molar-refractivity contribution in [2.45, 2.75) is 168 Å². The number of benzene rings is 3. The van der Waals surface area contributed by atoms with E-state index in [0.717, 1.165) is 17.0 Å². The summed E-state index contributed by atoms with van der Waals surface area (Å²) in [5, 5.41) is 2.83. The highest BCUT2D eigenvalue weighted by molar-refractivity contribution is 6.99. The molecule has 10 heteroatoms. The minimum atomic E-state index is -3.13. The predicted octanol–water partition coefficient (Wildman–Crippen LogP) is 11.5. The van der Waals surface area contributed by atoms with Gasteiger partial charge in [-0.2, -0.15) is 0 Å². The van der Waals surface area contributed by atoms with Crippen molar-refractivity contribution >= 4 is 55.4 Å². The third-order valence-electron chi connectivity index (χ3n) is 12.9. The molecule has 3 aromatic carbocycles. The molecule has 0 fully saturated rings. The molecule has 0 amide bonds. The van der Waals surface area contributed by atoms with Crippen LogP contribution in [0.4, 0.5) is 0 Å². The van der Waals surface area contributed by atoms with Crippen LogP contribution in [0, 0.1) is 0 Å². The number of carbonyl (C=O) groups excluding carboxylic acids is 1. The summed E-state index contributed by atoms with van der Waals surface area (Å²) in [7, 11) is -9.03. The van der Waals surface area contributed by atoms with Gasteiger partial charge >= 0.3 is 8.56 Å². The molecule has 3 aromatic rings. The van der Waals surface area contributed by atoms with Gasteiger partial charge in [0.2, 0.25) is 0 Å². The number of carbonyl (C=O) groups is 1. The summed E-state index contributed by atoms with van der Waals surface area (Å²) in [6.45, 7) is 38.8. The van der Waals surface area contributed by atoms with Crippen molar-refractivity contribution in [2.24, 2.45) is 0 Å². The Balaban J connectivity index is 2.40. The fourth-order valence-corrected chi connectivity index (χ4v) is 18.3. The van der Waals surface area contributed by atoms with Gasteiger partial charge in [-0.1, -0.05) is 186 Å². The zero-order valence-electron chi connectivity index (χ0n) is 40.1. The normalized spacial score (nSPS) is 16.6. The van der Waals surface area contributed by atoms with Gasteiger partial charge in [0.05, 0.1) is 24.9 Å². The Morgan fingerprint density at radius 1 is 0.593 bits per heavy atom. The number of rotatable bonds is 19. The second-order valence-electron chi connectivity index (χ2n) is 21.5. The third-order valence-corrected chi connectivity index (χ3v) is 31.1. The molecular formula is C49H80O6Si4. The standard InChI is InChI=1S/C49H80O6Si4/c1-39(38-52-59(51-14,49(11,12)13)43-32-26-21-27-33-43)36-44(55-58(48(8,9)10,41-28-22-19-23-29-41)42-30-24-20-25-31-42)45(54-57(17,18)47(5,6)7)37-40(34-35-50)53-56(15,16)46(2,3)4/h19-33,35-36,40,44-45H,34,37-38H2,1-18H3/b39-36+/t40-,44+,45+,59?/m0/s1. The Morgan fingerprint density at radius 3 is 1.39 bits per heavy atom. The van der Waals surface area contributed by atoms with Gasteiger partial charge in [0.15, 0.2) is 16.6 Å². The quantitative estimate of drug-likeness (QED) is 0.0679. The smallest absolute Gasteiger partial charge is 0.378 e. The summed E-state index contributed by atoms with van der Waals surface area (Å²) >= 11 is 0. The van der Waals surface area contributed by atoms with E-state index in [1.807, 2.05) is 6.07 Å². The van der Waals surface area contributed by atoms with Gasteiger partial charge in [-0.15, -0.1) is 0 Å². The first-order chi connectivity index (χ1) is 27.1. The Kier molecular flexibility index (Phi) is 17.2. The summed E-state index contributed by atoms with van der Waals surface area (Å²) in [6, 6.07) is 32.0. The van der Waals surface area contributed by atoms with E-state index in [1.54, 1.807) is 7.11 Å². The molecule has 0 radical (unpaired) electrons. The molecule has 0 saturated carbocycles. The van der Waals surface area contributed by atoms with Crippen molar-refractivity contribution in [1.82, 2.24) is 0 Å². The van der Waals surface area contributed by atoms with Crippen molar-refractivity contribution in [2.75, 3.05) is 13.7 Å². The predicted molar refractivity (Wildman–Crippen MR) is 260 cm³/mol. The average molecular weight is 878 g/mol. The molecular weight excluding hydrogens is 797 g/mol. The van der Waals surface area contributed by atoms with Gasteiger partial charge in [0, 0.05) is 25.0 Å². The average Bonchev–Trinajstić information content (AvgIpc) is 3.12. The van der Waals surface area contributed by atoms with Crippen LogP contribution < -0.4 is 15.6 Å². The van der Waals surface area contributed by atoms with Crippen LogP contribution in [0.15, 0.2) is 103 Å². The van der Waals surface area contributed by atoms with E-state index in [4.69, 9.17) is 22.1 Å². The second kappa shape index (κ2) is 19.8. The summed E-state index contributed by atoms with van der Waals surface area (Å²) in [5.74, 6) is 0. The molecule has 0 aliphatic rings. The Bertz CT molecular complexity index is 1730. The molecule has 0 aliphatic carbocycles. The Hall–Kier alpha value is -2.26. The van der Waals surface area contributed by atoms with Gasteiger partial charge in [0.1, 0.15) is 6.29 Å². The summed E-state index contributed by atoms with van der Waals surface area (Å²) in [5.41, 5.74) is 1.03. The number of hydrogen-bond donors (Lipinski definition) is 0. The van der Waals surface area contributed by atoms with Crippen LogP contribution in [0.1, 0.15) is 103 Å². The lowest BCUT2D eigenvalue weighted by molar-refractivity contribution is -0.109. The molecule has 0 N–H and O–H groups in total. The van der Waals surface area contributed by atoms with E-state index < -0.39 is 45.7 Å². The van der Waals surface area contributed by atoms with Gasteiger partial charge in [-0.3, -0.25) is 0 Å². The van der Waals surface area contributed by atoms with Crippen molar-refractivity contribution in [3.63, 3.8) is 0 Å². The minimum Gasteiger partial charge on any atom is -0.413 e. The van der Waals surface area contributed by atoms with Crippen molar-refractivity contribution in [3.8, 4) is 0 Å². The number of hydrogen-bond acceptors (Lipinski definition) is 6. The first-order valence-electron chi connectivity index (χ1n) is 21.6. The van der Waals surface area contributed by atoms with Crippen LogP contribution >= 0.6 is 0 Å². The number of aldehydes is 1. The fraction of sp³-hybridized carbons (Fsp3) is 0.571. The molecule has 0 spiro atoms.